The molecular formula is C23H45N7O6. The molecule has 208 valence electrons. The maximum absolute atomic E-state index is 13.1. The third kappa shape index (κ3) is 14.6. The summed E-state index contributed by atoms with van der Waals surface area (Å²) >= 11 is 0. The van der Waals surface area contributed by atoms with E-state index in [0.29, 0.717) is 45.2 Å². The van der Waals surface area contributed by atoms with Gasteiger partial charge in [-0.3, -0.25) is 19.2 Å². The van der Waals surface area contributed by atoms with E-state index in [1.165, 1.54) is 0 Å². The maximum atomic E-state index is 13.1. The Labute approximate surface area is 212 Å². The zero-order valence-electron chi connectivity index (χ0n) is 21.5. The number of carboxylic acids is 1. The number of aliphatic carboxylic acids is 1. The molecule has 0 aromatic rings. The quantitative estimate of drug-likeness (QED) is 0.0870. The molecule has 0 aliphatic rings. The van der Waals surface area contributed by atoms with Crippen molar-refractivity contribution in [3.63, 3.8) is 0 Å². The van der Waals surface area contributed by atoms with Crippen molar-refractivity contribution in [1.29, 1.82) is 0 Å². The van der Waals surface area contributed by atoms with E-state index in [1.807, 2.05) is 13.8 Å². The molecule has 0 aromatic heterocycles. The Morgan fingerprint density at radius 1 is 0.722 bits per heavy atom. The molecule has 13 nitrogen and oxygen atoms in total. The van der Waals surface area contributed by atoms with Crippen LogP contribution in [0, 0.1) is 5.92 Å². The van der Waals surface area contributed by atoms with Crippen molar-refractivity contribution in [3.8, 4) is 0 Å². The number of hydrogen-bond acceptors (Lipinski definition) is 8. The first-order chi connectivity index (χ1) is 16.9. The first kappa shape index (κ1) is 33.2. The van der Waals surface area contributed by atoms with E-state index in [0.717, 1.165) is 6.42 Å². The van der Waals surface area contributed by atoms with Crippen molar-refractivity contribution in [3.05, 3.63) is 0 Å². The lowest BCUT2D eigenvalue weighted by Crippen LogP contribution is -2.57. The molecule has 0 aliphatic carbocycles. The van der Waals surface area contributed by atoms with Crippen LogP contribution >= 0.6 is 0 Å². The van der Waals surface area contributed by atoms with Gasteiger partial charge in [-0.05, 0) is 64.0 Å². The first-order valence-corrected chi connectivity index (χ1v) is 12.5. The third-order valence-corrected chi connectivity index (χ3v) is 5.52. The largest absolute Gasteiger partial charge is 0.480 e. The summed E-state index contributed by atoms with van der Waals surface area (Å²) in [5, 5.41) is 17.1. The number of carbonyl (C=O) groups excluding carboxylic acids is 4. The van der Waals surface area contributed by atoms with Gasteiger partial charge in [0, 0.05) is 6.42 Å². The van der Waals surface area contributed by atoms with Gasteiger partial charge in [0.1, 0.15) is 18.1 Å². The van der Waals surface area contributed by atoms with Crippen molar-refractivity contribution >= 4 is 29.6 Å². The smallest absolute Gasteiger partial charge is 0.326 e. The molecule has 4 atom stereocenters. The molecule has 0 heterocycles. The summed E-state index contributed by atoms with van der Waals surface area (Å²) in [6.45, 7) is 4.64. The van der Waals surface area contributed by atoms with Crippen molar-refractivity contribution in [2.24, 2.45) is 28.9 Å². The lowest BCUT2D eigenvalue weighted by molar-refractivity contribution is -0.142. The molecule has 0 aromatic carbocycles. The van der Waals surface area contributed by atoms with Crippen LogP contribution in [0.3, 0.4) is 0 Å². The number of amides is 4. The highest BCUT2D eigenvalue weighted by Crippen LogP contribution is 2.09. The SMILES string of the molecule is CC(C)CC(NC(=O)C(N)CCCCN)C(=O)NC(CCCCN)C(=O)NC(CCC(N)=O)C(=O)O. The molecular weight excluding hydrogens is 470 g/mol. The fourth-order valence-electron chi connectivity index (χ4n) is 3.47. The lowest BCUT2D eigenvalue weighted by atomic mass is 10.0. The van der Waals surface area contributed by atoms with E-state index in [-0.39, 0.29) is 25.2 Å². The molecule has 4 amide bonds. The molecule has 0 saturated heterocycles. The van der Waals surface area contributed by atoms with Crippen molar-refractivity contribution in [2.45, 2.75) is 95.8 Å². The highest BCUT2D eigenvalue weighted by atomic mass is 16.4. The summed E-state index contributed by atoms with van der Waals surface area (Å²) in [5.74, 6) is -3.76. The molecule has 0 spiro atoms. The van der Waals surface area contributed by atoms with Gasteiger partial charge in [-0.1, -0.05) is 20.3 Å². The summed E-state index contributed by atoms with van der Waals surface area (Å²) in [4.78, 5) is 61.1. The predicted octanol–water partition coefficient (Wildman–Crippen LogP) is -1.58. The number of carboxylic acid groups (broad SMARTS) is 1. The number of unbranched alkanes of at least 4 members (excludes halogenated alkanes) is 2. The molecule has 12 N–H and O–H groups in total. The minimum absolute atomic E-state index is 0.0456. The fraction of sp³-hybridized carbons (Fsp3) is 0.783. The second-order valence-corrected chi connectivity index (χ2v) is 9.33. The zero-order valence-corrected chi connectivity index (χ0v) is 21.5. The van der Waals surface area contributed by atoms with E-state index in [1.54, 1.807) is 0 Å². The van der Waals surface area contributed by atoms with Gasteiger partial charge in [0.15, 0.2) is 0 Å². The highest BCUT2D eigenvalue weighted by molar-refractivity contribution is 5.94. The Kier molecular flexibility index (Phi) is 17.1. The van der Waals surface area contributed by atoms with E-state index in [9.17, 15) is 29.1 Å². The number of rotatable bonds is 20. The van der Waals surface area contributed by atoms with Crippen LogP contribution < -0.4 is 38.9 Å². The normalized spacial score (nSPS) is 14.4. The van der Waals surface area contributed by atoms with Gasteiger partial charge in [-0.25, -0.2) is 4.79 Å². The Bertz CT molecular complexity index is 719. The highest BCUT2D eigenvalue weighted by Gasteiger charge is 2.30. The third-order valence-electron chi connectivity index (χ3n) is 5.52. The number of primary amides is 1. The van der Waals surface area contributed by atoms with Crippen molar-refractivity contribution < 1.29 is 29.1 Å². The molecule has 0 rings (SSSR count). The molecule has 0 saturated carbocycles. The van der Waals surface area contributed by atoms with Gasteiger partial charge in [0.2, 0.25) is 23.6 Å². The van der Waals surface area contributed by atoms with Gasteiger partial charge in [0.25, 0.3) is 0 Å². The standard InChI is InChI=1S/C23H45N7O6/c1-14(2)13-18(30-20(32)15(26)7-3-5-11-24)22(34)28-16(8-4-6-12-25)21(33)29-17(23(35)36)9-10-19(27)31/h14-18H,3-13,24-26H2,1-2H3,(H2,27,31)(H,28,34)(H,29,33)(H,30,32)(H,35,36). The molecule has 0 bridgehead atoms. The van der Waals surface area contributed by atoms with Gasteiger partial charge < -0.3 is 44.0 Å². The van der Waals surface area contributed by atoms with E-state index in [4.69, 9.17) is 22.9 Å². The first-order valence-electron chi connectivity index (χ1n) is 12.5. The monoisotopic (exact) mass is 515 g/mol. The minimum Gasteiger partial charge on any atom is -0.480 e. The predicted molar refractivity (Wildman–Crippen MR) is 135 cm³/mol. The van der Waals surface area contributed by atoms with Crippen LogP contribution in [0.5, 0.6) is 0 Å². The Morgan fingerprint density at radius 2 is 1.22 bits per heavy atom. The summed E-state index contributed by atoms with van der Waals surface area (Å²) in [6.07, 6.45) is 3.02. The second kappa shape index (κ2) is 18.5. The van der Waals surface area contributed by atoms with Gasteiger partial charge in [0.05, 0.1) is 6.04 Å². The average Bonchev–Trinajstić information content (AvgIpc) is 2.79. The van der Waals surface area contributed by atoms with Crippen LogP contribution in [-0.2, 0) is 24.0 Å². The molecule has 0 aliphatic heterocycles. The van der Waals surface area contributed by atoms with Crippen LogP contribution in [0.25, 0.3) is 0 Å². The van der Waals surface area contributed by atoms with Gasteiger partial charge in [-0.2, -0.15) is 0 Å². The Morgan fingerprint density at radius 3 is 1.72 bits per heavy atom. The van der Waals surface area contributed by atoms with Gasteiger partial charge >= 0.3 is 5.97 Å². The summed E-state index contributed by atoms with van der Waals surface area (Å²) in [7, 11) is 0. The number of hydrogen-bond donors (Lipinski definition) is 8. The van der Waals surface area contributed by atoms with E-state index < -0.39 is 53.8 Å². The number of nitrogens with two attached hydrogens (primary N) is 4. The topological polar surface area (TPSA) is 246 Å². The van der Waals surface area contributed by atoms with Crippen molar-refractivity contribution in [2.75, 3.05) is 13.1 Å². The van der Waals surface area contributed by atoms with Crippen molar-refractivity contribution in [1.82, 2.24) is 16.0 Å². The molecule has 36 heavy (non-hydrogen) atoms. The minimum atomic E-state index is -1.35. The summed E-state index contributed by atoms with van der Waals surface area (Å²) in [5.41, 5.74) is 22.0. The van der Waals surface area contributed by atoms with Crippen LogP contribution in [-0.4, -0.2) is 72.0 Å². The van der Waals surface area contributed by atoms with Crippen LogP contribution in [0.1, 0.15) is 71.6 Å². The average molecular weight is 516 g/mol. The lowest BCUT2D eigenvalue weighted by Gasteiger charge is -2.26. The fourth-order valence-corrected chi connectivity index (χ4v) is 3.47. The summed E-state index contributed by atoms with van der Waals surface area (Å²) < 4.78 is 0. The van der Waals surface area contributed by atoms with Crippen LogP contribution in [0.2, 0.25) is 0 Å². The molecule has 0 fully saturated rings. The van der Waals surface area contributed by atoms with Crippen LogP contribution in [0.4, 0.5) is 0 Å². The second-order valence-electron chi connectivity index (χ2n) is 9.33. The Hall–Kier alpha value is -2.77. The zero-order chi connectivity index (χ0) is 27.7. The van der Waals surface area contributed by atoms with E-state index in [2.05, 4.69) is 16.0 Å². The van der Waals surface area contributed by atoms with Gasteiger partial charge in [-0.15, -0.1) is 0 Å². The van der Waals surface area contributed by atoms with Crippen LogP contribution in [0.15, 0.2) is 0 Å². The molecule has 0 radical (unpaired) electrons. The maximum Gasteiger partial charge on any atom is 0.326 e. The summed E-state index contributed by atoms with van der Waals surface area (Å²) in [6, 6.07) is -4.15. The number of nitrogens with one attached hydrogen (secondary N) is 3. The van der Waals surface area contributed by atoms with E-state index >= 15 is 0 Å². The Balaban J connectivity index is 5.46. The molecule has 4 unspecified atom stereocenters. The molecule has 13 heteroatoms. The number of carbonyl (C=O) groups is 5.